The number of benzene rings is 2. The van der Waals surface area contributed by atoms with Gasteiger partial charge in [0, 0.05) is 43.4 Å². The maximum absolute atomic E-state index is 12.9. The lowest BCUT2D eigenvalue weighted by Gasteiger charge is -2.34. The third-order valence-corrected chi connectivity index (χ3v) is 6.36. The zero-order valence-corrected chi connectivity index (χ0v) is 16.0. The highest BCUT2D eigenvalue weighted by Gasteiger charge is 2.16. The highest BCUT2D eigenvalue weighted by atomic mass is 32.2. The minimum absolute atomic E-state index is 0.282. The maximum Gasteiger partial charge on any atom is 0.123 e. The standard InChI is InChI=1S/C21H27FN2OS/c22-20-7-9-21(10-8-20)26(25)18-4-12-23-14-16-24(17-15-23)13-11-19-5-2-1-3-6-19/h1-3,5-10H,4,11-18H2. The molecule has 3 rings (SSSR count). The van der Waals surface area contributed by atoms with E-state index in [1.165, 1.54) is 17.7 Å². The first kappa shape index (κ1) is 19.2. The maximum atomic E-state index is 12.9. The molecule has 2 aromatic carbocycles. The third kappa shape index (κ3) is 6.01. The van der Waals surface area contributed by atoms with E-state index in [9.17, 15) is 8.60 Å². The van der Waals surface area contributed by atoms with Gasteiger partial charge in [0.15, 0.2) is 0 Å². The molecule has 1 saturated heterocycles. The van der Waals surface area contributed by atoms with E-state index in [1.54, 1.807) is 12.1 Å². The van der Waals surface area contributed by atoms with Crippen LogP contribution in [-0.4, -0.2) is 59.0 Å². The van der Waals surface area contributed by atoms with Crippen molar-refractivity contribution in [2.24, 2.45) is 0 Å². The fourth-order valence-electron chi connectivity index (χ4n) is 3.29. The van der Waals surface area contributed by atoms with E-state index in [0.717, 1.165) is 57.0 Å². The number of halogens is 1. The van der Waals surface area contributed by atoms with Gasteiger partial charge < -0.3 is 9.80 Å². The van der Waals surface area contributed by atoms with Crippen LogP contribution in [0, 0.1) is 5.82 Å². The SMILES string of the molecule is O=S(CCCN1CCN(CCc2ccccc2)CC1)c1ccc(F)cc1. The number of piperazine rings is 1. The minimum Gasteiger partial charge on any atom is -0.301 e. The van der Waals surface area contributed by atoms with E-state index >= 15 is 0 Å². The fraction of sp³-hybridized carbons (Fsp3) is 0.429. The van der Waals surface area contributed by atoms with Crippen molar-refractivity contribution < 1.29 is 8.60 Å². The van der Waals surface area contributed by atoms with Crippen LogP contribution in [0.15, 0.2) is 59.5 Å². The molecular weight excluding hydrogens is 347 g/mol. The summed E-state index contributed by atoms with van der Waals surface area (Å²) < 4.78 is 25.1. The van der Waals surface area contributed by atoms with E-state index in [4.69, 9.17) is 0 Å². The van der Waals surface area contributed by atoms with Crippen molar-refractivity contribution in [1.29, 1.82) is 0 Å². The number of nitrogens with zero attached hydrogens (tertiary/aromatic N) is 2. The Bertz CT molecular complexity index is 685. The number of hydrogen-bond acceptors (Lipinski definition) is 3. The van der Waals surface area contributed by atoms with Crippen LogP contribution in [0.2, 0.25) is 0 Å². The minimum atomic E-state index is -1.03. The summed E-state index contributed by atoms with van der Waals surface area (Å²) in [5.74, 6) is 0.357. The van der Waals surface area contributed by atoms with Gasteiger partial charge in [-0.05, 0) is 49.2 Å². The molecule has 1 aliphatic heterocycles. The molecule has 140 valence electrons. The molecule has 0 saturated carbocycles. The molecule has 1 fully saturated rings. The van der Waals surface area contributed by atoms with Crippen LogP contribution in [0.25, 0.3) is 0 Å². The molecule has 0 bridgehead atoms. The zero-order chi connectivity index (χ0) is 18.2. The lowest BCUT2D eigenvalue weighted by atomic mass is 10.1. The van der Waals surface area contributed by atoms with Crippen LogP contribution in [0.3, 0.4) is 0 Å². The molecule has 5 heteroatoms. The Morgan fingerprint density at radius 2 is 1.46 bits per heavy atom. The van der Waals surface area contributed by atoms with Gasteiger partial charge in [0.2, 0.25) is 0 Å². The average molecular weight is 375 g/mol. The summed E-state index contributed by atoms with van der Waals surface area (Å²) in [7, 11) is -1.03. The van der Waals surface area contributed by atoms with E-state index in [2.05, 4.69) is 40.1 Å². The monoisotopic (exact) mass is 374 g/mol. The molecule has 0 amide bonds. The normalized spacial score (nSPS) is 17.3. The molecule has 0 aliphatic carbocycles. The zero-order valence-electron chi connectivity index (χ0n) is 15.1. The predicted molar refractivity (Wildman–Crippen MR) is 105 cm³/mol. The first-order chi connectivity index (χ1) is 12.7. The molecule has 2 aromatic rings. The number of rotatable bonds is 8. The Hall–Kier alpha value is -1.56. The van der Waals surface area contributed by atoms with Crippen LogP contribution < -0.4 is 0 Å². The summed E-state index contributed by atoms with van der Waals surface area (Å²) in [6.45, 7) is 6.48. The predicted octanol–water partition coefficient (Wildman–Crippen LogP) is 3.18. The Balaban J connectivity index is 1.31. The third-order valence-electron chi connectivity index (χ3n) is 4.91. The Kier molecular flexibility index (Phi) is 7.35. The summed E-state index contributed by atoms with van der Waals surface area (Å²) >= 11 is 0. The Labute approximate surface area is 158 Å². The molecule has 26 heavy (non-hydrogen) atoms. The van der Waals surface area contributed by atoms with Gasteiger partial charge in [0.05, 0.1) is 10.8 Å². The molecule has 1 heterocycles. The molecule has 0 aromatic heterocycles. The second kappa shape index (κ2) is 9.95. The van der Waals surface area contributed by atoms with Gasteiger partial charge in [-0.25, -0.2) is 4.39 Å². The first-order valence-corrected chi connectivity index (χ1v) is 10.7. The van der Waals surface area contributed by atoms with Crippen LogP contribution in [-0.2, 0) is 17.2 Å². The summed E-state index contributed by atoms with van der Waals surface area (Å²) in [5.41, 5.74) is 1.40. The van der Waals surface area contributed by atoms with Crippen LogP contribution in [0.1, 0.15) is 12.0 Å². The topological polar surface area (TPSA) is 23.6 Å². The summed E-state index contributed by atoms with van der Waals surface area (Å²) in [5, 5.41) is 0. The van der Waals surface area contributed by atoms with E-state index in [1.807, 2.05) is 0 Å². The van der Waals surface area contributed by atoms with Gasteiger partial charge in [-0.1, -0.05) is 30.3 Å². The molecule has 1 aliphatic rings. The summed E-state index contributed by atoms with van der Waals surface area (Å²) in [4.78, 5) is 5.71. The lowest BCUT2D eigenvalue weighted by Crippen LogP contribution is -2.47. The van der Waals surface area contributed by atoms with E-state index in [0.29, 0.717) is 5.75 Å². The van der Waals surface area contributed by atoms with E-state index < -0.39 is 10.8 Å². The smallest absolute Gasteiger partial charge is 0.123 e. The molecule has 0 radical (unpaired) electrons. The first-order valence-electron chi connectivity index (χ1n) is 9.33. The van der Waals surface area contributed by atoms with Gasteiger partial charge >= 0.3 is 0 Å². The van der Waals surface area contributed by atoms with Crippen molar-refractivity contribution in [3.8, 4) is 0 Å². The molecule has 1 unspecified atom stereocenters. The van der Waals surface area contributed by atoms with Gasteiger partial charge in [-0.15, -0.1) is 0 Å². The van der Waals surface area contributed by atoms with Gasteiger partial charge in [-0.2, -0.15) is 0 Å². The molecule has 1 atom stereocenters. The molecular formula is C21H27FN2OS. The highest BCUT2D eigenvalue weighted by Crippen LogP contribution is 2.10. The van der Waals surface area contributed by atoms with Crippen molar-refractivity contribution in [2.75, 3.05) is 45.0 Å². The van der Waals surface area contributed by atoms with Crippen molar-refractivity contribution in [3.63, 3.8) is 0 Å². The fourth-order valence-corrected chi connectivity index (χ4v) is 4.36. The summed E-state index contributed by atoms with van der Waals surface area (Å²) in [6.07, 6.45) is 2.02. The van der Waals surface area contributed by atoms with Crippen molar-refractivity contribution in [1.82, 2.24) is 9.80 Å². The van der Waals surface area contributed by atoms with Crippen molar-refractivity contribution in [3.05, 3.63) is 66.0 Å². The van der Waals surface area contributed by atoms with Gasteiger partial charge in [0.25, 0.3) is 0 Å². The average Bonchev–Trinajstić information content (AvgIpc) is 2.68. The van der Waals surface area contributed by atoms with Gasteiger partial charge in [0.1, 0.15) is 5.82 Å². The highest BCUT2D eigenvalue weighted by molar-refractivity contribution is 7.85. The van der Waals surface area contributed by atoms with Crippen molar-refractivity contribution >= 4 is 10.8 Å². The number of hydrogen-bond donors (Lipinski definition) is 0. The molecule has 0 N–H and O–H groups in total. The second-order valence-corrected chi connectivity index (χ2v) is 8.35. The molecule has 3 nitrogen and oxygen atoms in total. The van der Waals surface area contributed by atoms with Crippen LogP contribution in [0.5, 0.6) is 0 Å². The second-order valence-electron chi connectivity index (χ2n) is 6.78. The summed E-state index contributed by atoms with van der Waals surface area (Å²) in [6, 6.07) is 16.6. The van der Waals surface area contributed by atoms with Crippen LogP contribution >= 0.6 is 0 Å². The largest absolute Gasteiger partial charge is 0.301 e. The Morgan fingerprint density at radius 3 is 2.12 bits per heavy atom. The van der Waals surface area contributed by atoms with Crippen molar-refractivity contribution in [2.45, 2.75) is 17.7 Å². The quantitative estimate of drug-likeness (QED) is 0.709. The molecule has 0 spiro atoms. The Morgan fingerprint density at radius 1 is 0.846 bits per heavy atom. The van der Waals surface area contributed by atoms with E-state index in [-0.39, 0.29) is 5.82 Å². The van der Waals surface area contributed by atoms with Gasteiger partial charge in [-0.3, -0.25) is 4.21 Å². The lowest BCUT2D eigenvalue weighted by molar-refractivity contribution is 0.134. The van der Waals surface area contributed by atoms with Crippen LogP contribution in [0.4, 0.5) is 4.39 Å².